The molecule has 1 N–H and O–H groups in total. The second kappa shape index (κ2) is 5.91. The van der Waals surface area contributed by atoms with Gasteiger partial charge in [0.25, 0.3) is 0 Å². The number of benzene rings is 1. The van der Waals surface area contributed by atoms with Crippen LogP contribution in [0.1, 0.15) is 31.1 Å². The average Bonchev–Trinajstić information content (AvgIpc) is 2.22. The van der Waals surface area contributed by atoms with Crippen LogP contribution in [0.5, 0.6) is 0 Å². The maximum atomic E-state index is 12.2. The van der Waals surface area contributed by atoms with Crippen molar-refractivity contribution in [2.45, 2.75) is 32.5 Å². The number of rotatable bonds is 3. The van der Waals surface area contributed by atoms with Gasteiger partial charge >= 0.3 is 12.1 Å². The van der Waals surface area contributed by atoms with E-state index in [1.54, 1.807) is 20.8 Å². The SMILES string of the molecule is CC(C)(C)OC(=O)c1ccc(Cl)cc1NCC(F)(F)F. The average molecular weight is 310 g/mol. The van der Waals surface area contributed by atoms with E-state index >= 15 is 0 Å². The molecular weight excluding hydrogens is 295 g/mol. The lowest BCUT2D eigenvalue weighted by Gasteiger charge is -2.21. The van der Waals surface area contributed by atoms with Gasteiger partial charge in [0.15, 0.2) is 0 Å². The highest BCUT2D eigenvalue weighted by molar-refractivity contribution is 6.31. The Hall–Kier alpha value is -1.43. The van der Waals surface area contributed by atoms with Crippen LogP contribution in [0, 0.1) is 0 Å². The quantitative estimate of drug-likeness (QED) is 0.847. The maximum Gasteiger partial charge on any atom is 0.405 e. The van der Waals surface area contributed by atoms with Crippen LogP contribution in [0.4, 0.5) is 18.9 Å². The standard InChI is InChI=1S/C13H15ClF3NO2/c1-12(2,3)20-11(19)9-5-4-8(14)6-10(9)18-7-13(15,16)17/h4-6,18H,7H2,1-3H3. The molecule has 3 nitrogen and oxygen atoms in total. The Morgan fingerprint density at radius 2 is 1.90 bits per heavy atom. The van der Waals surface area contributed by atoms with Gasteiger partial charge in [-0.1, -0.05) is 11.6 Å². The van der Waals surface area contributed by atoms with Crippen LogP contribution in [-0.2, 0) is 4.74 Å². The first-order valence-electron chi connectivity index (χ1n) is 5.81. The zero-order valence-electron chi connectivity index (χ0n) is 11.3. The fraction of sp³-hybridized carbons (Fsp3) is 0.462. The van der Waals surface area contributed by atoms with E-state index in [4.69, 9.17) is 16.3 Å². The number of carbonyl (C=O) groups excluding carboxylic acids is 1. The molecule has 0 saturated carbocycles. The van der Waals surface area contributed by atoms with Gasteiger partial charge in [-0.05, 0) is 39.0 Å². The van der Waals surface area contributed by atoms with E-state index in [9.17, 15) is 18.0 Å². The van der Waals surface area contributed by atoms with Crippen molar-refractivity contribution in [3.05, 3.63) is 28.8 Å². The highest BCUT2D eigenvalue weighted by Gasteiger charge is 2.28. The molecule has 7 heteroatoms. The zero-order chi connectivity index (χ0) is 15.6. The zero-order valence-corrected chi connectivity index (χ0v) is 12.0. The predicted molar refractivity (Wildman–Crippen MR) is 71.2 cm³/mol. The number of alkyl halides is 3. The fourth-order valence-corrected chi connectivity index (χ4v) is 1.54. The molecule has 0 bridgehead atoms. The Morgan fingerprint density at radius 1 is 1.30 bits per heavy atom. The molecule has 112 valence electrons. The molecule has 1 aromatic carbocycles. The molecule has 0 fully saturated rings. The molecule has 20 heavy (non-hydrogen) atoms. The second-order valence-electron chi connectivity index (χ2n) is 5.16. The van der Waals surface area contributed by atoms with Gasteiger partial charge in [0.1, 0.15) is 12.1 Å². The van der Waals surface area contributed by atoms with E-state index in [-0.39, 0.29) is 16.3 Å². The third-order valence-electron chi connectivity index (χ3n) is 2.08. The van der Waals surface area contributed by atoms with Crippen molar-refractivity contribution in [1.82, 2.24) is 0 Å². The molecule has 0 aromatic heterocycles. The van der Waals surface area contributed by atoms with E-state index in [0.29, 0.717) is 0 Å². The summed E-state index contributed by atoms with van der Waals surface area (Å²) in [5.41, 5.74) is -0.740. The molecule has 0 radical (unpaired) electrons. The van der Waals surface area contributed by atoms with Gasteiger partial charge in [0.05, 0.1) is 11.3 Å². The topological polar surface area (TPSA) is 38.3 Å². The monoisotopic (exact) mass is 309 g/mol. The van der Waals surface area contributed by atoms with Gasteiger partial charge in [-0.3, -0.25) is 0 Å². The minimum absolute atomic E-state index is 0.00794. The smallest absolute Gasteiger partial charge is 0.405 e. The highest BCUT2D eigenvalue weighted by atomic mass is 35.5. The molecule has 0 unspecified atom stereocenters. The van der Waals surface area contributed by atoms with Crippen LogP contribution in [0.2, 0.25) is 5.02 Å². The molecule has 0 aliphatic carbocycles. The summed E-state index contributed by atoms with van der Waals surface area (Å²) in [6, 6.07) is 4.00. The Balaban J connectivity index is 2.98. The molecular formula is C13H15ClF3NO2. The van der Waals surface area contributed by atoms with E-state index in [1.165, 1.54) is 18.2 Å². The Bertz CT molecular complexity index is 495. The molecule has 1 rings (SSSR count). The Kier molecular flexibility index (Phi) is 4.91. The van der Waals surface area contributed by atoms with Crippen molar-refractivity contribution in [3.63, 3.8) is 0 Å². The van der Waals surface area contributed by atoms with E-state index in [1.807, 2.05) is 0 Å². The number of halogens is 4. The summed E-state index contributed by atoms with van der Waals surface area (Å²) in [5.74, 6) is -0.709. The molecule has 0 atom stereocenters. The van der Waals surface area contributed by atoms with Crippen molar-refractivity contribution in [1.29, 1.82) is 0 Å². The van der Waals surface area contributed by atoms with Crippen LogP contribution in [0.15, 0.2) is 18.2 Å². The summed E-state index contributed by atoms with van der Waals surface area (Å²) in [7, 11) is 0. The van der Waals surface area contributed by atoms with Crippen LogP contribution in [0.25, 0.3) is 0 Å². The van der Waals surface area contributed by atoms with Gasteiger partial charge in [-0.25, -0.2) is 4.79 Å². The summed E-state index contributed by atoms with van der Waals surface area (Å²) in [6.45, 7) is 3.75. The lowest BCUT2D eigenvalue weighted by atomic mass is 10.1. The summed E-state index contributed by atoms with van der Waals surface area (Å²) >= 11 is 5.73. The minimum atomic E-state index is -4.40. The Labute approximate surface area is 120 Å². The first kappa shape index (κ1) is 16.6. The van der Waals surface area contributed by atoms with Gasteiger partial charge < -0.3 is 10.1 Å². The molecule has 0 aliphatic heterocycles. The van der Waals surface area contributed by atoms with E-state index < -0.39 is 24.3 Å². The number of hydrogen-bond donors (Lipinski definition) is 1. The minimum Gasteiger partial charge on any atom is -0.456 e. The fourth-order valence-electron chi connectivity index (χ4n) is 1.37. The number of anilines is 1. The number of carbonyl (C=O) groups is 1. The van der Waals surface area contributed by atoms with Crippen LogP contribution in [-0.4, -0.2) is 24.3 Å². The maximum absolute atomic E-state index is 12.2. The third kappa shape index (κ3) is 5.69. The first-order chi connectivity index (χ1) is 8.98. The first-order valence-corrected chi connectivity index (χ1v) is 6.19. The number of ether oxygens (including phenoxy) is 1. The summed E-state index contributed by atoms with van der Waals surface area (Å²) in [5, 5.41) is 2.37. The number of nitrogens with one attached hydrogen (secondary N) is 1. The van der Waals surface area contributed by atoms with Crippen molar-refractivity contribution in [2.75, 3.05) is 11.9 Å². The van der Waals surface area contributed by atoms with Crippen molar-refractivity contribution < 1.29 is 22.7 Å². The van der Waals surface area contributed by atoms with E-state index in [0.717, 1.165) is 0 Å². The van der Waals surface area contributed by atoms with Crippen molar-refractivity contribution in [2.24, 2.45) is 0 Å². The molecule has 0 heterocycles. The van der Waals surface area contributed by atoms with Gasteiger partial charge in [0.2, 0.25) is 0 Å². The van der Waals surface area contributed by atoms with Gasteiger partial charge in [0, 0.05) is 5.02 Å². The van der Waals surface area contributed by atoms with E-state index in [2.05, 4.69) is 5.32 Å². The predicted octanol–water partition coefficient (Wildman–Crippen LogP) is 4.27. The second-order valence-corrected chi connectivity index (χ2v) is 5.60. The van der Waals surface area contributed by atoms with Crippen LogP contribution >= 0.6 is 11.6 Å². The molecule has 0 aliphatic rings. The Morgan fingerprint density at radius 3 is 2.40 bits per heavy atom. The summed E-state index contributed by atoms with van der Waals surface area (Å²) in [6.07, 6.45) is -4.40. The van der Waals surface area contributed by atoms with Crippen molar-refractivity contribution >= 4 is 23.3 Å². The largest absolute Gasteiger partial charge is 0.456 e. The molecule has 1 aromatic rings. The highest BCUT2D eigenvalue weighted by Crippen LogP contribution is 2.25. The molecule has 0 amide bonds. The molecule has 0 spiro atoms. The lowest BCUT2D eigenvalue weighted by molar-refractivity contribution is -0.115. The third-order valence-corrected chi connectivity index (χ3v) is 2.31. The normalized spacial score (nSPS) is 12.2. The summed E-state index contributed by atoms with van der Waals surface area (Å²) in [4.78, 5) is 11.9. The van der Waals surface area contributed by atoms with Gasteiger partial charge in [-0.15, -0.1) is 0 Å². The van der Waals surface area contributed by atoms with Crippen LogP contribution in [0.3, 0.4) is 0 Å². The van der Waals surface area contributed by atoms with Crippen molar-refractivity contribution in [3.8, 4) is 0 Å². The summed E-state index contributed by atoms with van der Waals surface area (Å²) < 4.78 is 41.8. The van der Waals surface area contributed by atoms with Crippen LogP contribution < -0.4 is 5.32 Å². The van der Waals surface area contributed by atoms with Gasteiger partial charge in [-0.2, -0.15) is 13.2 Å². The lowest BCUT2D eigenvalue weighted by Crippen LogP contribution is -2.26. The number of esters is 1. The molecule has 0 saturated heterocycles. The number of hydrogen-bond acceptors (Lipinski definition) is 3.